The maximum Gasteiger partial charge on any atom is 0.305 e. The Morgan fingerprint density at radius 1 is 1.16 bits per heavy atom. The molecular formula is C20H22N4O7. The lowest BCUT2D eigenvalue weighted by Crippen LogP contribution is -2.39. The van der Waals surface area contributed by atoms with Crippen LogP contribution in [0.3, 0.4) is 0 Å². The first-order valence-electron chi connectivity index (χ1n) is 9.12. The van der Waals surface area contributed by atoms with Crippen molar-refractivity contribution in [2.24, 2.45) is 0 Å². The number of aromatic hydroxyl groups is 1. The minimum Gasteiger partial charge on any atom is -0.507 e. The molecule has 0 spiro atoms. The third-order valence-electron chi connectivity index (χ3n) is 4.39. The third-order valence-corrected chi connectivity index (χ3v) is 4.39. The Bertz CT molecular complexity index is 1050. The minimum absolute atomic E-state index is 0.00983. The number of non-ortho nitro benzene ring substituents is 1. The quantitative estimate of drug-likeness (QED) is 0.237. The summed E-state index contributed by atoms with van der Waals surface area (Å²) in [5, 5.41) is 35.2. The molecular weight excluding hydrogens is 408 g/mol. The van der Waals surface area contributed by atoms with Crippen molar-refractivity contribution in [2.75, 3.05) is 12.3 Å². The topological polar surface area (TPSA) is 185 Å². The van der Waals surface area contributed by atoms with Crippen molar-refractivity contribution >= 4 is 29.2 Å². The first kappa shape index (κ1) is 23.1. The van der Waals surface area contributed by atoms with Crippen LogP contribution in [-0.2, 0) is 9.59 Å². The standard InChI is InChI=1S/C20H22N4O7/c1-10-3-11(2)19(28)15(4-10)16(8-18(26)27)23-17(25)9-22-20(29)12-5-13(21)7-14(6-12)24(30)31/h3-7,16,28H,8-9,21H2,1-2H3,(H,22,29)(H,23,25)(H,26,27)/t16-/m1/s1. The van der Waals surface area contributed by atoms with Gasteiger partial charge in [-0.1, -0.05) is 17.7 Å². The van der Waals surface area contributed by atoms with Crippen LogP contribution < -0.4 is 16.4 Å². The average molecular weight is 430 g/mol. The van der Waals surface area contributed by atoms with Gasteiger partial charge in [0.05, 0.1) is 23.9 Å². The second-order valence-electron chi connectivity index (χ2n) is 6.99. The van der Waals surface area contributed by atoms with E-state index in [1.807, 2.05) is 0 Å². The van der Waals surface area contributed by atoms with E-state index in [2.05, 4.69) is 10.6 Å². The molecule has 0 radical (unpaired) electrons. The first-order valence-corrected chi connectivity index (χ1v) is 9.12. The van der Waals surface area contributed by atoms with Crippen molar-refractivity contribution in [2.45, 2.75) is 26.3 Å². The molecule has 0 bridgehead atoms. The molecule has 11 heteroatoms. The van der Waals surface area contributed by atoms with Crippen molar-refractivity contribution in [3.63, 3.8) is 0 Å². The van der Waals surface area contributed by atoms with E-state index in [9.17, 15) is 34.7 Å². The lowest BCUT2D eigenvalue weighted by molar-refractivity contribution is -0.384. The zero-order valence-corrected chi connectivity index (χ0v) is 16.8. The molecule has 0 fully saturated rings. The highest BCUT2D eigenvalue weighted by Crippen LogP contribution is 2.31. The van der Waals surface area contributed by atoms with Gasteiger partial charge in [0, 0.05) is 28.9 Å². The molecule has 164 valence electrons. The molecule has 0 aromatic heterocycles. The Morgan fingerprint density at radius 2 is 1.84 bits per heavy atom. The molecule has 1 atom stereocenters. The van der Waals surface area contributed by atoms with Crippen molar-refractivity contribution in [1.29, 1.82) is 0 Å². The number of carboxylic acids is 1. The van der Waals surface area contributed by atoms with Crippen molar-refractivity contribution in [3.05, 3.63) is 62.7 Å². The van der Waals surface area contributed by atoms with Crippen LogP contribution in [0.25, 0.3) is 0 Å². The SMILES string of the molecule is Cc1cc(C)c(O)c([C@@H](CC(=O)O)NC(=O)CNC(=O)c2cc(N)cc([N+](=O)[O-])c2)c1. The number of nitro groups is 1. The molecule has 0 aliphatic heterocycles. The van der Waals surface area contributed by atoms with E-state index in [0.29, 0.717) is 5.56 Å². The van der Waals surface area contributed by atoms with Gasteiger partial charge in [-0.25, -0.2) is 0 Å². The fourth-order valence-electron chi connectivity index (χ4n) is 3.05. The summed E-state index contributed by atoms with van der Waals surface area (Å²) in [5.41, 5.74) is 6.63. The summed E-state index contributed by atoms with van der Waals surface area (Å²) < 4.78 is 0. The number of hydrogen-bond acceptors (Lipinski definition) is 7. The predicted octanol–water partition coefficient (Wildman–Crippen LogP) is 1.56. The molecule has 0 saturated carbocycles. The van der Waals surface area contributed by atoms with Gasteiger partial charge < -0.3 is 26.6 Å². The fraction of sp³-hybridized carbons (Fsp3) is 0.250. The highest BCUT2D eigenvalue weighted by Gasteiger charge is 2.23. The number of rotatable bonds is 8. The number of nitrogens with two attached hydrogens (primary N) is 1. The lowest BCUT2D eigenvalue weighted by atomic mass is 9.97. The van der Waals surface area contributed by atoms with Gasteiger partial charge in [0.25, 0.3) is 11.6 Å². The van der Waals surface area contributed by atoms with Crippen LogP contribution in [0.4, 0.5) is 11.4 Å². The number of nitrogen functional groups attached to an aromatic ring is 1. The van der Waals surface area contributed by atoms with Gasteiger partial charge in [-0.05, 0) is 25.5 Å². The van der Waals surface area contributed by atoms with Gasteiger partial charge >= 0.3 is 5.97 Å². The number of carbonyl (C=O) groups is 3. The zero-order valence-electron chi connectivity index (χ0n) is 16.8. The molecule has 11 nitrogen and oxygen atoms in total. The van der Waals surface area contributed by atoms with Crippen LogP contribution in [0.1, 0.15) is 39.5 Å². The molecule has 2 amide bonds. The van der Waals surface area contributed by atoms with Gasteiger partial charge in [-0.15, -0.1) is 0 Å². The van der Waals surface area contributed by atoms with E-state index in [1.54, 1.807) is 26.0 Å². The highest BCUT2D eigenvalue weighted by atomic mass is 16.6. The molecule has 0 heterocycles. The Hall–Kier alpha value is -4.15. The smallest absolute Gasteiger partial charge is 0.305 e. The molecule has 6 N–H and O–H groups in total. The first-order chi connectivity index (χ1) is 14.5. The van der Waals surface area contributed by atoms with Crippen LogP contribution in [0, 0.1) is 24.0 Å². The molecule has 31 heavy (non-hydrogen) atoms. The summed E-state index contributed by atoms with van der Waals surface area (Å²) in [6.07, 6.45) is -0.489. The number of nitro benzene ring substituents is 1. The van der Waals surface area contributed by atoms with E-state index in [4.69, 9.17) is 5.73 Å². The van der Waals surface area contributed by atoms with E-state index in [0.717, 1.165) is 17.7 Å². The monoisotopic (exact) mass is 430 g/mol. The number of carbonyl (C=O) groups excluding carboxylic acids is 2. The molecule has 2 aromatic carbocycles. The van der Waals surface area contributed by atoms with Crippen LogP contribution in [0.5, 0.6) is 5.75 Å². The number of benzene rings is 2. The highest BCUT2D eigenvalue weighted by molar-refractivity contribution is 5.97. The van der Waals surface area contributed by atoms with Gasteiger partial charge in [-0.2, -0.15) is 0 Å². The van der Waals surface area contributed by atoms with E-state index in [1.165, 1.54) is 6.07 Å². The number of phenols is 1. The second-order valence-corrected chi connectivity index (χ2v) is 6.99. The van der Waals surface area contributed by atoms with Gasteiger partial charge in [0.15, 0.2) is 0 Å². The Kier molecular flexibility index (Phi) is 7.14. The number of phenolic OH excluding ortho intramolecular Hbond substituents is 1. The van der Waals surface area contributed by atoms with E-state index >= 15 is 0 Å². The molecule has 0 saturated heterocycles. The normalized spacial score (nSPS) is 11.4. The summed E-state index contributed by atoms with van der Waals surface area (Å²) in [5.74, 6) is -2.81. The Balaban J connectivity index is 2.13. The number of aliphatic carboxylic acids is 1. The zero-order chi connectivity index (χ0) is 23.3. The van der Waals surface area contributed by atoms with Crippen LogP contribution in [0.2, 0.25) is 0 Å². The molecule has 2 aromatic rings. The van der Waals surface area contributed by atoms with E-state index < -0.39 is 41.7 Å². The summed E-state index contributed by atoms with van der Waals surface area (Å²) in [6, 6.07) is 5.58. The van der Waals surface area contributed by atoms with E-state index in [-0.39, 0.29) is 28.3 Å². The molecule has 2 rings (SSSR count). The largest absolute Gasteiger partial charge is 0.507 e. The minimum atomic E-state index is -1.19. The van der Waals surface area contributed by atoms with Crippen molar-refractivity contribution < 1.29 is 29.5 Å². The number of aryl methyl sites for hydroxylation is 2. The second kappa shape index (κ2) is 9.57. The molecule has 0 aliphatic carbocycles. The van der Waals surface area contributed by atoms with Crippen LogP contribution in [-0.4, -0.2) is 39.5 Å². The lowest BCUT2D eigenvalue weighted by Gasteiger charge is -2.20. The predicted molar refractivity (Wildman–Crippen MR) is 111 cm³/mol. The average Bonchev–Trinajstić information content (AvgIpc) is 2.67. The summed E-state index contributed by atoms with van der Waals surface area (Å²) >= 11 is 0. The molecule has 0 aliphatic rings. The third kappa shape index (κ3) is 6.16. The van der Waals surface area contributed by atoms with Crippen molar-refractivity contribution in [1.82, 2.24) is 10.6 Å². The Morgan fingerprint density at radius 3 is 2.45 bits per heavy atom. The molecule has 0 unspecified atom stereocenters. The van der Waals surface area contributed by atoms with Crippen molar-refractivity contribution in [3.8, 4) is 5.75 Å². The number of amides is 2. The maximum absolute atomic E-state index is 12.3. The van der Waals surface area contributed by atoms with Crippen LogP contribution >= 0.6 is 0 Å². The summed E-state index contributed by atoms with van der Waals surface area (Å²) in [7, 11) is 0. The number of nitrogens with zero attached hydrogens (tertiary/aromatic N) is 1. The summed E-state index contributed by atoms with van der Waals surface area (Å²) in [4.78, 5) is 46.0. The number of nitrogens with one attached hydrogen (secondary N) is 2. The number of hydrogen-bond donors (Lipinski definition) is 5. The van der Waals surface area contributed by atoms with Gasteiger partial charge in [-0.3, -0.25) is 24.5 Å². The summed E-state index contributed by atoms with van der Waals surface area (Å²) in [6.45, 7) is 2.89. The number of carboxylic acid groups (broad SMARTS) is 1. The maximum atomic E-state index is 12.3. The number of anilines is 1. The van der Waals surface area contributed by atoms with Gasteiger partial charge in [0.1, 0.15) is 5.75 Å². The Labute approximate surface area is 177 Å². The van der Waals surface area contributed by atoms with Gasteiger partial charge in [0.2, 0.25) is 5.91 Å². The fourth-order valence-corrected chi connectivity index (χ4v) is 3.05. The van der Waals surface area contributed by atoms with Crippen LogP contribution in [0.15, 0.2) is 30.3 Å².